The number of hydrogen-bond acceptors (Lipinski definition) is 4. The topological polar surface area (TPSA) is 60.4 Å². The molecular weight excluding hydrogens is 256 g/mol. The highest BCUT2D eigenvalue weighted by molar-refractivity contribution is 6.23. The molecule has 92 valence electrons. The Morgan fingerprint density at radius 1 is 1.17 bits per heavy atom. The largest absolute Gasteiger partial charge is 0.426 e. The first-order chi connectivity index (χ1) is 8.63. The second kappa shape index (κ2) is 5.14. The number of allylic oxidation sites excluding steroid dienone is 2. The molecule has 0 aromatic heterocycles. The van der Waals surface area contributed by atoms with E-state index >= 15 is 0 Å². The molecule has 0 N–H and O–H groups in total. The fraction of sp³-hybridized carbons (Fsp3) is 0.154. The van der Waals surface area contributed by atoms with Crippen LogP contribution in [-0.2, 0) is 4.79 Å². The highest BCUT2D eigenvalue weighted by Crippen LogP contribution is 2.27. The Labute approximate surface area is 108 Å². The van der Waals surface area contributed by atoms with E-state index in [-0.39, 0.29) is 40.7 Å². The number of ketones is 2. The number of fused-ring (bicyclic) bond motifs is 1. The van der Waals surface area contributed by atoms with E-state index in [0.29, 0.717) is 0 Å². The molecule has 1 aromatic rings. The molecule has 0 saturated heterocycles. The van der Waals surface area contributed by atoms with Crippen LogP contribution in [0.25, 0.3) is 0 Å². The number of carbonyl (C=O) groups is 3. The summed E-state index contributed by atoms with van der Waals surface area (Å²) >= 11 is 5.42. The lowest BCUT2D eigenvalue weighted by Gasteiger charge is -2.13. The summed E-state index contributed by atoms with van der Waals surface area (Å²) in [6.45, 7) is 0. The number of esters is 1. The van der Waals surface area contributed by atoms with Gasteiger partial charge in [-0.05, 0) is 18.2 Å². The number of benzene rings is 1. The fourth-order valence-electron chi connectivity index (χ4n) is 1.65. The van der Waals surface area contributed by atoms with Gasteiger partial charge in [-0.25, -0.2) is 0 Å². The van der Waals surface area contributed by atoms with Crippen LogP contribution >= 0.6 is 11.6 Å². The Kier molecular flexibility index (Phi) is 3.58. The van der Waals surface area contributed by atoms with Crippen molar-refractivity contribution in [3.63, 3.8) is 0 Å². The van der Waals surface area contributed by atoms with Crippen LogP contribution in [0, 0.1) is 0 Å². The molecule has 1 aliphatic rings. The lowest BCUT2D eigenvalue weighted by Crippen LogP contribution is -2.16. The molecule has 0 heterocycles. The number of rotatable bonds is 3. The SMILES string of the molecule is O=C(CCCl)Oc1cccc2c1C(=O)C=CC2=O. The van der Waals surface area contributed by atoms with Gasteiger partial charge in [0.25, 0.3) is 0 Å². The highest BCUT2D eigenvalue weighted by Gasteiger charge is 2.23. The molecular formula is C13H9ClO4. The summed E-state index contributed by atoms with van der Waals surface area (Å²) < 4.78 is 5.04. The van der Waals surface area contributed by atoms with Crippen molar-refractivity contribution in [2.24, 2.45) is 0 Å². The molecule has 0 aliphatic heterocycles. The quantitative estimate of drug-likeness (QED) is 0.477. The van der Waals surface area contributed by atoms with Gasteiger partial charge in [0.2, 0.25) is 0 Å². The number of alkyl halides is 1. The van der Waals surface area contributed by atoms with E-state index < -0.39 is 5.97 Å². The summed E-state index contributed by atoms with van der Waals surface area (Å²) in [5.41, 5.74) is 0.381. The van der Waals surface area contributed by atoms with E-state index in [1.54, 1.807) is 6.07 Å². The number of ether oxygens (including phenoxy) is 1. The van der Waals surface area contributed by atoms with E-state index in [0.717, 1.165) is 0 Å². The summed E-state index contributed by atoms with van der Waals surface area (Å²) in [6, 6.07) is 4.57. The zero-order chi connectivity index (χ0) is 13.1. The van der Waals surface area contributed by atoms with Crippen LogP contribution in [0.15, 0.2) is 30.4 Å². The standard InChI is InChI=1S/C13H9ClO4/c14-7-6-12(17)18-11-3-1-2-8-9(15)4-5-10(16)13(8)11/h1-5H,6-7H2. The third-order valence-electron chi connectivity index (χ3n) is 2.45. The monoisotopic (exact) mass is 264 g/mol. The van der Waals surface area contributed by atoms with Crippen LogP contribution in [0.2, 0.25) is 0 Å². The van der Waals surface area contributed by atoms with Crippen LogP contribution in [-0.4, -0.2) is 23.4 Å². The molecule has 5 heteroatoms. The normalized spacial score (nSPS) is 13.4. The van der Waals surface area contributed by atoms with E-state index in [1.807, 2.05) is 0 Å². The van der Waals surface area contributed by atoms with Gasteiger partial charge < -0.3 is 4.74 Å². The fourth-order valence-corrected chi connectivity index (χ4v) is 1.81. The van der Waals surface area contributed by atoms with Gasteiger partial charge in [0.15, 0.2) is 11.6 Å². The first-order valence-electron chi connectivity index (χ1n) is 5.30. The number of halogens is 1. The van der Waals surface area contributed by atoms with Gasteiger partial charge in [-0.15, -0.1) is 11.6 Å². The lowest BCUT2D eigenvalue weighted by atomic mass is 9.94. The molecule has 0 fully saturated rings. The smallest absolute Gasteiger partial charge is 0.312 e. The molecule has 2 rings (SSSR count). The molecule has 0 unspecified atom stereocenters. The van der Waals surface area contributed by atoms with Crippen molar-refractivity contribution in [2.45, 2.75) is 6.42 Å². The van der Waals surface area contributed by atoms with Gasteiger partial charge in [0, 0.05) is 11.4 Å². The van der Waals surface area contributed by atoms with Gasteiger partial charge in [-0.1, -0.05) is 12.1 Å². The number of hydrogen-bond donors (Lipinski definition) is 0. The predicted molar refractivity (Wildman–Crippen MR) is 65.2 cm³/mol. The van der Waals surface area contributed by atoms with Gasteiger partial charge in [0.05, 0.1) is 12.0 Å². The second-order valence-corrected chi connectivity index (χ2v) is 4.03. The van der Waals surface area contributed by atoms with Crippen molar-refractivity contribution in [1.29, 1.82) is 0 Å². The third kappa shape index (κ3) is 2.33. The van der Waals surface area contributed by atoms with Crippen LogP contribution in [0.4, 0.5) is 0 Å². The average Bonchev–Trinajstić information content (AvgIpc) is 2.34. The lowest BCUT2D eigenvalue weighted by molar-refractivity contribution is -0.133. The van der Waals surface area contributed by atoms with Crippen molar-refractivity contribution in [3.8, 4) is 5.75 Å². The van der Waals surface area contributed by atoms with Crippen molar-refractivity contribution in [2.75, 3.05) is 5.88 Å². The molecule has 0 atom stereocenters. The first kappa shape index (κ1) is 12.5. The Morgan fingerprint density at radius 2 is 1.89 bits per heavy atom. The van der Waals surface area contributed by atoms with E-state index in [4.69, 9.17) is 16.3 Å². The summed E-state index contributed by atoms with van der Waals surface area (Å²) in [7, 11) is 0. The minimum atomic E-state index is -0.534. The van der Waals surface area contributed by atoms with Crippen molar-refractivity contribution in [1.82, 2.24) is 0 Å². The molecule has 1 aromatic carbocycles. The summed E-state index contributed by atoms with van der Waals surface area (Å²) in [4.78, 5) is 34.7. The molecule has 0 amide bonds. The highest BCUT2D eigenvalue weighted by atomic mass is 35.5. The molecule has 18 heavy (non-hydrogen) atoms. The zero-order valence-electron chi connectivity index (χ0n) is 9.31. The molecule has 4 nitrogen and oxygen atoms in total. The molecule has 1 aliphatic carbocycles. The van der Waals surface area contributed by atoms with E-state index in [9.17, 15) is 14.4 Å². The van der Waals surface area contributed by atoms with Crippen molar-refractivity contribution >= 4 is 29.1 Å². The van der Waals surface area contributed by atoms with Crippen molar-refractivity contribution in [3.05, 3.63) is 41.5 Å². The van der Waals surface area contributed by atoms with Gasteiger partial charge >= 0.3 is 5.97 Å². The molecule has 0 saturated carbocycles. The zero-order valence-corrected chi connectivity index (χ0v) is 10.1. The van der Waals surface area contributed by atoms with Gasteiger partial charge in [0.1, 0.15) is 5.75 Å². The summed E-state index contributed by atoms with van der Waals surface area (Å²) in [5, 5.41) is 0. The molecule has 0 radical (unpaired) electrons. The van der Waals surface area contributed by atoms with Crippen LogP contribution in [0.1, 0.15) is 27.1 Å². The Hall–Kier alpha value is -1.94. The Balaban J connectivity index is 2.40. The minimum Gasteiger partial charge on any atom is -0.426 e. The maximum atomic E-state index is 11.7. The average molecular weight is 265 g/mol. The Morgan fingerprint density at radius 3 is 2.61 bits per heavy atom. The van der Waals surface area contributed by atoms with E-state index in [2.05, 4.69) is 0 Å². The summed E-state index contributed by atoms with van der Waals surface area (Å²) in [5.74, 6) is -0.919. The van der Waals surface area contributed by atoms with Gasteiger partial charge in [-0.2, -0.15) is 0 Å². The maximum Gasteiger partial charge on any atom is 0.312 e. The predicted octanol–water partition coefficient (Wildman–Crippen LogP) is 2.16. The Bertz CT molecular complexity index is 560. The maximum absolute atomic E-state index is 11.7. The number of carbonyl (C=O) groups excluding carboxylic acids is 3. The second-order valence-electron chi connectivity index (χ2n) is 3.65. The first-order valence-corrected chi connectivity index (χ1v) is 5.83. The molecule has 0 spiro atoms. The third-order valence-corrected chi connectivity index (χ3v) is 2.64. The summed E-state index contributed by atoms with van der Waals surface area (Å²) in [6.07, 6.45) is 2.42. The van der Waals surface area contributed by atoms with Gasteiger partial charge in [-0.3, -0.25) is 14.4 Å². The molecule has 0 bridgehead atoms. The van der Waals surface area contributed by atoms with E-state index in [1.165, 1.54) is 24.3 Å². The van der Waals surface area contributed by atoms with Crippen LogP contribution in [0.5, 0.6) is 5.75 Å². The van der Waals surface area contributed by atoms with Crippen LogP contribution < -0.4 is 4.74 Å². The van der Waals surface area contributed by atoms with Crippen molar-refractivity contribution < 1.29 is 19.1 Å². The van der Waals surface area contributed by atoms with Crippen LogP contribution in [0.3, 0.4) is 0 Å². The minimum absolute atomic E-state index is 0.0448.